The molecule has 0 aliphatic heterocycles. The zero-order valence-corrected chi connectivity index (χ0v) is 29.8. The predicted molar refractivity (Wildman–Crippen MR) is 200 cm³/mol. The lowest BCUT2D eigenvalue weighted by molar-refractivity contribution is -0.107. The molecule has 0 saturated heterocycles. The molecule has 3 rings (SSSR count). The molecule has 0 spiro atoms. The highest BCUT2D eigenvalue weighted by atomic mass is 16.5. The van der Waals surface area contributed by atoms with Crippen LogP contribution in [0.15, 0.2) is 84.9 Å². The Hall–Kier alpha value is -2.91. The van der Waals surface area contributed by atoms with E-state index in [1.54, 1.807) is 0 Å². The fourth-order valence-electron chi connectivity index (χ4n) is 6.83. The van der Waals surface area contributed by atoms with E-state index in [2.05, 4.69) is 98.8 Å². The summed E-state index contributed by atoms with van der Waals surface area (Å²) in [5.41, 5.74) is 3.79. The smallest absolute Gasteiger partial charge is 0.119 e. The summed E-state index contributed by atoms with van der Waals surface area (Å²) in [4.78, 5) is 10.3. The van der Waals surface area contributed by atoms with Gasteiger partial charge >= 0.3 is 0 Å². The van der Waals surface area contributed by atoms with Crippen molar-refractivity contribution in [2.45, 2.75) is 141 Å². The maximum absolute atomic E-state index is 10.3. The Morgan fingerprint density at radius 3 is 1.49 bits per heavy atom. The lowest BCUT2D eigenvalue weighted by Crippen LogP contribution is -2.30. The van der Waals surface area contributed by atoms with Gasteiger partial charge < -0.3 is 14.3 Å². The molecule has 0 fully saturated rings. The molecule has 2 unspecified atom stereocenters. The van der Waals surface area contributed by atoms with Gasteiger partial charge in [0, 0.05) is 18.4 Å². The van der Waals surface area contributed by atoms with Crippen molar-refractivity contribution in [3.8, 4) is 5.75 Å². The first-order chi connectivity index (χ1) is 23.2. The summed E-state index contributed by atoms with van der Waals surface area (Å²) < 4.78 is 11.9. The summed E-state index contributed by atoms with van der Waals surface area (Å²) in [6.07, 6.45) is 24.4. The van der Waals surface area contributed by atoms with Gasteiger partial charge in [0.1, 0.15) is 18.6 Å². The third-order valence-electron chi connectivity index (χ3n) is 10.1. The summed E-state index contributed by atoms with van der Waals surface area (Å²) >= 11 is 0. The van der Waals surface area contributed by atoms with Crippen LogP contribution in [-0.4, -0.2) is 26.1 Å². The van der Waals surface area contributed by atoms with E-state index in [0.29, 0.717) is 19.1 Å². The van der Waals surface area contributed by atoms with Crippen molar-refractivity contribution in [1.29, 1.82) is 0 Å². The Bertz CT molecular complexity index is 1160. The predicted octanol–water partition coefficient (Wildman–Crippen LogP) is 12.4. The van der Waals surface area contributed by atoms with E-state index in [1.807, 2.05) is 0 Å². The second kappa shape index (κ2) is 24.3. The lowest BCUT2D eigenvalue weighted by atomic mass is 9.65. The summed E-state index contributed by atoms with van der Waals surface area (Å²) in [5.74, 6) is 1.21. The second-order valence-electron chi connectivity index (χ2n) is 13.7. The minimum atomic E-state index is -0.162. The van der Waals surface area contributed by atoms with Crippen molar-refractivity contribution < 1.29 is 14.3 Å². The Morgan fingerprint density at radius 2 is 0.979 bits per heavy atom. The van der Waals surface area contributed by atoms with Gasteiger partial charge in [0.25, 0.3) is 0 Å². The monoisotopic (exact) mass is 640 g/mol. The zero-order valence-electron chi connectivity index (χ0n) is 29.8. The summed E-state index contributed by atoms with van der Waals surface area (Å²) in [6, 6.07) is 30.4. The largest absolute Gasteiger partial charge is 0.491 e. The molecule has 0 amide bonds. The average molecular weight is 641 g/mol. The Labute approximate surface area is 287 Å². The molecule has 0 aliphatic rings. The van der Waals surface area contributed by atoms with Gasteiger partial charge in [-0.05, 0) is 47.6 Å². The van der Waals surface area contributed by atoms with Crippen molar-refractivity contribution in [1.82, 2.24) is 0 Å². The van der Waals surface area contributed by atoms with Gasteiger partial charge in [0.2, 0.25) is 0 Å². The molecule has 0 radical (unpaired) electrons. The molecule has 3 aromatic carbocycles. The maximum atomic E-state index is 10.3. The topological polar surface area (TPSA) is 35.5 Å². The number of benzene rings is 3. The average Bonchev–Trinajstić information content (AvgIpc) is 3.12. The Kier molecular flexibility index (Phi) is 19.9. The SMILES string of the molecule is CC(c1ccccc1)C(C)(c1ccccc1)c1ccc(OCCOCCCCCCCCCCCCCCCCCCCC=O)cc1. The van der Waals surface area contributed by atoms with Gasteiger partial charge in [0.15, 0.2) is 0 Å². The third kappa shape index (κ3) is 14.8. The molecule has 0 heterocycles. The van der Waals surface area contributed by atoms with Gasteiger partial charge in [-0.15, -0.1) is 0 Å². The minimum absolute atomic E-state index is 0.162. The van der Waals surface area contributed by atoms with Crippen molar-refractivity contribution in [2.75, 3.05) is 19.8 Å². The lowest BCUT2D eigenvalue weighted by Gasteiger charge is -2.37. The number of carbonyl (C=O) groups excluding carboxylic acids is 1. The molecule has 2 atom stereocenters. The number of rotatable bonds is 28. The molecule has 0 saturated carbocycles. The zero-order chi connectivity index (χ0) is 33.3. The highest BCUT2D eigenvalue weighted by molar-refractivity contribution is 5.49. The van der Waals surface area contributed by atoms with Crippen LogP contribution in [0.2, 0.25) is 0 Å². The molecular weight excluding hydrogens is 576 g/mol. The van der Waals surface area contributed by atoms with Gasteiger partial charge in [-0.1, -0.05) is 183 Å². The second-order valence-corrected chi connectivity index (χ2v) is 13.7. The van der Waals surface area contributed by atoms with Crippen LogP contribution in [0.5, 0.6) is 5.75 Å². The molecule has 0 N–H and O–H groups in total. The highest BCUT2D eigenvalue weighted by Crippen LogP contribution is 2.44. The number of unbranched alkanes of at least 4 members (excludes halogenated alkanes) is 17. The number of ether oxygens (including phenoxy) is 2. The standard InChI is InChI=1S/C44H64O3/c1-39(40-27-21-19-22-28-40)44(2,41-29-23-20-24-30-41)42-31-33-43(34-32-42)47-38-37-46-36-26-18-16-14-12-10-8-6-4-3-5-7-9-11-13-15-17-25-35-45/h19-24,27-35,39H,3-18,25-26,36-38H2,1-2H3. The first-order valence-corrected chi connectivity index (χ1v) is 19.0. The van der Waals surface area contributed by atoms with Gasteiger partial charge in [-0.2, -0.15) is 0 Å². The van der Waals surface area contributed by atoms with Crippen molar-refractivity contribution in [3.63, 3.8) is 0 Å². The Balaban J connectivity index is 1.18. The fraction of sp³-hybridized carbons (Fsp3) is 0.568. The van der Waals surface area contributed by atoms with Crippen LogP contribution in [-0.2, 0) is 14.9 Å². The van der Waals surface area contributed by atoms with Gasteiger partial charge in [0.05, 0.1) is 6.61 Å². The van der Waals surface area contributed by atoms with Crippen LogP contribution >= 0.6 is 0 Å². The van der Waals surface area contributed by atoms with Crippen LogP contribution in [0.4, 0.5) is 0 Å². The molecule has 3 nitrogen and oxygen atoms in total. The highest BCUT2D eigenvalue weighted by Gasteiger charge is 2.35. The molecule has 3 aromatic rings. The number of hydrogen-bond donors (Lipinski definition) is 0. The van der Waals surface area contributed by atoms with Crippen LogP contribution < -0.4 is 4.74 Å². The number of hydrogen-bond acceptors (Lipinski definition) is 3. The maximum Gasteiger partial charge on any atom is 0.119 e. The van der Waals surface area contributed by atoms with E-state index in [0.717, 1.165) is 37.9 Å². The summed E-state index contributed by atoms with van der Waals surface area (Å²) in [6.45, 7) is 6.74. The molecule has 0 bridgehead atoms. The fourth-order valence-corrected chi connectivity index (χ4v) is 6.83. The number of carbonyl (C=O) groups is 1. The molecule has 3 heteroatoms. The van der Waals surface area contributed by atoms with Crippen LogP contribution in [0.3, 0.4) is 0 Å². The molecule has 0 aromatic heterocycles. The molecule has 0 aliphatic carbocycles. The molecular formula is C44H64O3. The van der Waals surface area contributed by atoms with Crippen LogP contribution in [0.25, 0.3) is 0 Å². The first kappa shape index (κ1) is 38.5. The van der Waals surface area contributed by atoms with E-state index >= 15 is 0 Å². The van der Waals surface area contributed by atoms with Gasteiger partial charge in [-0.3, -0.25) is 0 Å². The van der Waals surface area contributed by atoms with Crippen LogP contribution in [0, 0.1) is 0 Å². The van der Waals surface area contributed by atoms with E-state index < -0.39 is 0 Å². The van der Waals surface area contributed by atoms with Crippen LogP contribution in [0.1, 0.15) is 152 Å². The Morgan fingerprint density at radius 1 is 0.532 bits per heavy atom. The van der Waals surface area contributed by atoms with E-state index in [4.69, 9.17) is 9.47 Å². The summed E-state index contributed by atoms with van der Waals surface area (Å²) in [5, 5.41) is 0. The van der Waals surface area contributed by atoms with Crippen molar-refractivity contribution >= 4 is 6.29 Å². The normalized spacial score (nSPS) is 13.2. The summed E-state index contributed by atoms with van der Waals surface area (Å²) in [7, 11) is 0. The van der Waals surface area contributed by atoms with E-state index in [9.17, 15) is 4.79 Å². The van der Waals surface area contributed by atoms with Crippen molar-refractivity contribution in [3.05, 3.63) is 102 Å². The minimum Gasteiger partial charge on any atom is -0.491 e. The quantitative estimate of drug-likeness (QED) is 0.0585. The van der Waals surface area contributed by atoms with Crippen molar-refractivity contribution in [2.24, 2.45) is 0 Å². The van der Waals surface area contributed by atoms with Gasteiger partial charge in [-0.25, -0.2) is 0 Å². The van der Waals surface area contributed by atoms with E-state index in [1.165, 1.54) is 113 Å². The molecule has 258 valence electrons. The number of aldehydes is 1. The van der Waals surface area contributed by atoms with E-state index in [-0.39, 0.29) is 5.41 Å². The first-order valence-electron chi connectivity index (χ1n) is 19.0. The molecule has 47 heavy (non-hydrogen) atoms. The third-order valence-corrected chi connectivity index (χ3v) is 10.1.